The van der Waals surface area contributed by atoms with Crippen LogP contribution in [-0.4, -0.2) is 50.3 Å². The van der Waals surface area contributed by atoms with Gasteiger partial charge in [-0.3, -0.25) is 4.99 Å². The molecule has 0 aliphatic heterocycles. The highest BCUT2D eigenvalue weighted by Gasteiger charge is 2.14. The van der Waals surface area contributed by atoms with E-state index in [1.807, 2.05) is 37.9 Å². The zero-order valence-electron chi connectivity index (χ0n) is 17.7. The van der Waals surface area contributed by atoms with Crippen molar-refractivity contribution in [2.45, 2.75) is 26.5 Å². The minimum atomic E-state index is -0.805. The van der Waals surface area contributed by atoms with Crippen molar-refractivity contribution >= 4 is 5.96 Å². The van der Waals surface area contributed by atoms with Crippen LogP contribution in [0.4, 0.5) is 4.39 Å². The van der Waals surface area contributed by atoms with Crippen molar-refractivity contribution in [2.75, 3.05) is 34.4 Å². The predicted octanol–water partition coefficient (Wildman–Crippen LogP) is 3.28. The van der Waals surface area contributed by atoms with E-state index in [0.717, 1.165) is 11.1 Å². The minimum absolute atomic E-state index is 0.170. The molecule has 1 unspecified atom stereocenters. The van der Waals surface area contributed by atoms with Crippen molar-refractivity contribution in [3.8, 4) is 11.5 Å². The number of benzene rings is 2. The van der Waals surface area contributed by atoms with Crippen molar-refractivity contribution < 1.29 is 19.0 Å². The molecule has 0 amide bonds. The van der Waals surface area contributed by atoms with E-state index in [0.29, 0.717) is 36.1 Å². The van der Waals surface area contributed by atoms with Gasteiger partial charge in [-0.1, -0.05) is 12.1 Å². The average molecular weight is 403 g/mol. The van der Waals surface area contributed by atoms with Crippen molar-refractivity contribution in [2.24, 2.45) is 4.99 Å². The number of ether oxygens (including phenoxy) is 2. The Morgan fingerprint density at radius 2 is 1.79 bits per heavy atom. The third-order valence-corrected chi connectivity index (χ3v) is 4.61. The van der Waals surface area contributed by atoms with Gasteiger partial charge in [0, 0.05) is 20.1 Å². The molecule has 0 fully saturated rings. The highest BCUT2D eigenvalue weighted by molar-refractivity contribution is 5.79. The Morgan fingerprint density at radius 1 is 1.17 bits per heavy atom. The summed E-state index contributed by atoms with van der Waals surface area (Å²) in [4.78, 5) is 6.53. The van der Waals surface area contributed by atoms with Crippen molar-refractivity contribution in [3.05, 3.63) is 58.9 Å². The molecule has 0 bridgehead atoms. The summed E-state index contributed by atoms with van der Waals surface area (Å²) in [7, 11) is 5.16. The molecule has 0 spiro atoms. The van der Waals surface area contributed by atoms with Gasteiger partial charge in [0.05, 0.1) is 26.9 Å². The molecule has 2 rings (SSSR count). The molecule has 2 aromatic rings. The normalized spacial score (nSPS) is 12.4. The van der Waals surface area contributed by atoms with Crippen LogP contribution in [0.25, 0.3) is 0 Å². The van der Waals surface area contributed by atoms with Gasteiger partial charge in [-0.15, -0.1) is 0 Å². The summed E-state index contributed by atoms with van der Waals surface area (Å²) < 4.78 is 23.8. The number of aliphatic hydroxyl groups excluding tert-OH is 1. The first-order valence-electron chi connectivity index (χ1n) is 9.54. The fourth-order valence-corrected chi connectivity index (χ4v) is 2.96. The van der Waals surface area contributed by atoms with Crippen molar-refractivity contribution in [1.29, 1.82) is 0 Å². The molecular formula is C22H30FN3O3. The van der Waals surface area contributed by atoms with Crippen molar-refractivity contribution in [3.63, 3.8) is 0 Å². The fraction of sp³-hybridized carbons (Fsp3) is 0.409. The topological polar surface area (TPSA) is 66.3 Å². The van der Waals surface area contributed by atoms with E-state index in [2.05, 4.69) is 10.3 Å². The van der Waals surface area contributed by atoms with E-state index >= 15 is 0 Å². The molecule has 6 nitrogen and oxygen atoms in total. The maximum Gasteiger partial charge on any atom is 0.194 e. The third-order valence-electron chi connectivity index (χ3n) is 4.61. The molecule has 7 heteroatoms. The number of hydrogen-bond acceptors (Lipinski definition) is 4. The smallest absolute Gasteiger partial charge is 0.194 e. The number of methoxy groups -OCH3 is 2. The van der Waals surface area contributed by atoms with E-state index in [1.54, 1.807) is 26.4 Å². The summed E-state index contributed by atoms with van der Waals surface area (Å²) >= 11 is 0. The molecule has 2 N–H and O–H groups in total. The first-order chi connectivity index (χ1) is 13.9. The lowest BCUT2D eigenvalue weighted by Gasteiger charge is -2.24. The van der Waals surface area contributed by atoms with Crippen LogP contribution in [0.2, 0.25) is 0 Å². The second-order valence-electron chi connectivity index (χ2n) is 6.75. The van der Waals surface area contributed by atoms with E-state index in [-0.39, 0.29) is 12.4 Å². The van der Waals surface area contributed by atoms with E-state index in [9.17, 15) is 9.50 Å². The van der Waals surface area contributed by atoms with Crippen LogP contribution in [0.5, 0.6) is 11.5 Å². The molecule has 0 radical (unpaired) electrons. The van der Waals surface area contributed by atoms with Crippen LogP contribution < -0.4 is 14.8 Å². The van der Waals surface area contributed by atoms with E-state index in [4.69, 9.17) is 9.47 Å². The molecule has 2 aromatic carbocycles. The Bertz CT molecular complexity index is 825. The molecule has 29 heavy (non-hydrogen) atoms. The maximum absolute atomic E-state index is 13.1. The summed E-state index contributed by atoms with van der Waals surface area (Å²) in [6.07, 6.45) is -0.805. The minimum Gasteiger partial charge on any atom is -0.493 e. The quantitative estimate of drug-likeness (QED) is 0.523. The number of aliphatic imine (C=N–C) groups is 1. The second kappa shape index (κ2) is 10.7. The monoisotopic (exact) mass is 403 g/mol. The Hall–Kier alpha value is -2.80. The molecule has 0 saturated carbocycles. The molecular weight excluding hydrogens is 373 g/mol. The van der Waals surface area contributed by atoms with Crippen LogP contribution in [-0.2, 0) is 6.54 Å². The van der Waals surface area contributed by atoms with Crippen LogP contribution in [0.15, 0.2) is 41.4 Å². The largest absolute Gasteiger partial charge is 0.493 e. The standard InChI is InChI=1S/C22H30FN3O3/c1-6-24-22(25-13-19(27)16-7-9-18(23)10-8-16)26(3)14-17-12-21(29-5)20(28-4)11-15(17)2/h7-12,19,27H,6,13-14H2,1-5H3,(H,24,25). The summed E-state index contributed by atoms with van der Waals surface area (Å²) in [6, 6.07) is 9.71. The number of hydrogen-bond donors (Lipinski definition) is 2. The summed E-state index contributed by atoms with van der Waals surface area (Å²) in [5.74, 6) is 1.71. The maximum atomic E-state index is 13.1. The van der Waals surface area contributed by atoms with Gasteiger partial charge in [-0.05, 0) is 54.8 Å². The number of nitrogens with zero attached hydrogens (tertiary/aromatic N) is 2. The number of nitrogens with one attached hydrogen (secondary N) is 1. The van der Waals surface area contributed by atoms with Gasteiger partial charge in [0.2, 0.25) is 0 Å². The number of aryl methyl sites for hydroxylation is 1. The predicted molar refractivity (Wildman–Crippen MR) is 113 cm³/mol. The first kappa shape index (κ1) is 22.5. The highest BCUT2D eigenvalue weighted by Crippen LogP contribution is 2.30. The van der Waals surface area contributed by atoms with Crippen LogP contribution in [0, 0.1) is 12.7 Å². The Balaban J connectivity index is 2.15. The van der Waals surface area contributed by atoms with Gasteiger partial charge < -0.3 is 24.8 Å². The Labute approximate surface area is 172 Å². The second-order valence-corrected chi connectivity index (χ2v) is 6.75. The van der Waals surface area contributed by atoms with Gasteiger partial charge in [0.15, 0.2) is 17.5 Å². The summed E-state index contributed by atoms with van der Waals surface area (Å²) in [5, 5.41) is 13.6. The van der Waals surface area contributed by atoms with E-state index in [1.165, 1.54) is 12.1 Å². The molecule has 0 heterocycles. The number of guanidine groups is 1. The van der Waals surface area contributed by atoms with Gasteiger partial charge in [0.1, 0.15) is 5.82 Å². The Kier molecular flexibility index (Phi) is 8.27. The summed E-state index contributed by atoms with van der Waals surface area (Å²) in [6.45, 7) is 5.48. The van der Waals surface area contributed by atoms with E-state index < -0.39 is 6.10 Å². The molecule has 0 aliphatic carbocycles. The molecule has 0 aromatic heterocycles. The Morgan fingerprint density at radius 3 is 2.38 bits per heavy atom. The number of halogens is 1. The zero-order valence-corrected chi connectivity index (χ0v) is 17.7. The SMILES string of the molecule is CCNC(=NCC(O)c1ccc(F)cc1)N(C)Cc1cc(OC)c(OC)cc1C. The molecule has 1 atom stereocenters. The highest BCUT2D eigenvalue weighted by atomic mass is 19.1. The first-order valence-corrected chi connectivity index (χ1v) is 9.54. The number of rotatable bonds is 8. The van der Waals surface area contributed by atoms with Gasteiger partial charge in [0.25, 0.3) is 0 Å². The molecule has 0 aliphatic rings. The molecule has 0 saturated heterocycles. The summed E-state index contributed by atoms with van der Waals surface area (Å²) in [5.41, 5.74) is 2.79. The molecule has 158 valence electrons. The van der Waals surface area contributed by atoms with Crippen LogP contribution >= 0.6 is 0 Å². The fourth-order valence-electron chi connectivity index (χ4n) is 2.96. The van der Waals surface area contributed by atoms with Crippen molar-refractivity contribution in [1.82, 2.24) is 10.2 Å². The van der Waals surface area contributed by atoms with Crippen LogP contribution in [0.1, 0.15) is 29.7 Å². The lowest BCUT2D eigenvalue weighted by Crippen LogP contribution is -2.39. The van der Waals surface area contributed by atoms with Gasteiger partial charge in [-0.2, -0.15) is 0 Å². The lowest BCUT2D eigenvalue weighted by molar-refractivity contribution is 0.186. The van der Waals surface area contributed by atoms with Crippen LogP contribution in [0.3, 0.4) is 0 Å². The lowest BCUT2D eigenvalue weighted by atomic mass is 10.1. The average Bonchev–Trinajstić information content (AvgIpc) is 2.72. The van der Waals surface area contributed by atoms with Gasteiger partial charge >= 0.3 is 0 Å². The van der Waals surface area contributed by atoms with Gasteiger partial charge in [-0.25, -0.2) is 4.39 Å². The third kappa shape index (κ3) is 6.09. The zero-order chi connectivity index (χ0) is 21.4. The number of aliphatic hydroxyl groups is 1.